The van der Waals surface area contributed by atoms with E-state index in [4.69, 9.17) is 0 Å². The number of rotatable bonds is 3. The molecule has 0 saturated heterocycles. The zero-order valence-corrected chi connectivity index (χ0v) is 7.60. The first-order chi connectivity index (χ1) is 5.70. The molecule has 0 unspecified atom stereocenters. The third kappa shape index (κ3) is 2.58. The minimum absolute atomic E-state index is 0.114. The van der Waals surface area contributed by atoms with Gasteiger partial charge in [0, 0.05) is 4.90 Å². The van der Waals surface area contributed by atoms with E-state index in [9.17, 15) is 9.90 Å². The maximum Gasteiger partial charge on any atom is 0.140 e. The predicted molar refractivity (Wildman–Crippen MR) is 49.5 cm³/mol. The van der Waals surface area contributed by atoms with E-state index >= 15 is 0 Å². The summed E-state index contributed by atoms with van der Waals surface area (Å²) in [6, 6.07) is 7.00. The molecule has 0 atom stereocenters. The van der Waals surface area contributed by atoms with Crippen molar-refractivity contribution >= 4 is 17.5 Å². The van der Waals surface area contributed by atoms with Gasteiger partial charge in [0.15, 0.2) is 0 Å². The normalized spacial score (nSPS) is 9.75. The Morgan fingerprint density at radius 3 is 2.75 bits per heavy atom. The van der Waals surface area contributed by atoms with Crippen LogP contribution < -0.4 is 0 Å². The molecular weight excluding hydrogens is 172 g/mol. The molecule has 0 saturated carbocycles. The van der Waals surface area contributed by atoms with Crippen LogP contribution in [0.3, 0.4) is 0 Å². The minimum atomic E-state index is 0.114. The number of carbonyl (C=O) groups is 1. The third-order valence-corrected chi connectivity index (χ3v) is 2.50. The van der Waals surface area contributed by atoms with Gasteiger partial charge in [-0.05, 0) is 19.1 Å². The first-order valence-corrected chi connectivity index (χ1v) is 4.59. The molecule has 0 aliphatic carbocycles. The average Bonchev–Trinajstić information content (AvgIpc) is 2.03. The standard InChI is InChI=1S/C9H10O2S/c1-7(10)6-12-9-5-3-2-4-8(9)11/h2-5,11H,6H2,1H3. The zero-order chi connectivity index (χ0) is 8.97. The first kappa shape index (κ1) is 9.13. The molecular formula is C9H10O2S. The number of phenolic OH excluding ortho intramolecular Hbond substituents is 1. The van der Waals surface area contributed by atoms with Gasteiger partial charge >= 0.3 is 0 Å². The summed E-state index contributed by atoms with van der Waals surface area (Å²) in [5, 5.41) is 9.29. The van der Waals surface area contributed by atoms with Gasteiger partial charge in [0.05, 0.1) is 5.75 Å². The second-order valence-corrected chi connectivity index (χ2v) is 3.48. The Balaban J connectivity index is 2.63. The van der Waals surface area contributed by atoms with E-state index in [0.29, 0.717) is 5.75 Å². The number of Topliss-reactive ketones (excluding diaryl/α,β-unsaturated/α-hetero) is 1. The Morgan fingerprint density at radius 2 is 2.17 bits per heavy atom. The highest BCUT2D eigenvalue weighted by Crippen LogP contribution is 2.27. The summed E-state index contributed by atoms with van der Waals surface area (Å²) in [5.74, 6) is 0.768. The SMILES string of the molecule is CC(=O)CSc1ccccc1O. The molecule has 0 aromatic heterocycles. The Morgan fingerprint density at radius 1 is 1.50 bits per heavy atom. The Hall–Kier alpha value is -0.960. The number of benzene rings is 1. The highest BCUT2D eigenvalue weighted by molar-refractivity contribution is 8.00. The summed E-state index contributed by atoms with van der Waals surface area (Å²) >= 11 is 1.36. The summed E-state index contributed by atoms with van der Waals surface area (Å²) in [7, 11) is 0. The molecule has 0 heterocycles. The summed E-state index contributed by atoms with van der Waals surface area (Å²) < 4.78 is 0. The number of aromatic hydroxyl groups is 1. The molecule has 0 aliphatic heterocycles. The fourth-order valence-electron chi connectivity index (χ4n) is 0.759. The van der Waals surface area contributed by atoms with Crippen LogP contribution in [0, 0.1) is 0 Å². The lowest BCUT2D eigenvalue weighted by molar-refractivity contribution is -0.114. The molecule has 64 valence electrons. The number of hydrogen-bond acceptors (Lipinski definition) is 3. The van der Waals surface area contributed by atoms with Gasteiger partial charge in [0.25, 0.3) is 0 Å². The predicted octanol–water partition coefficient (Wildman–Crippen LogP) is 2.07. The Kier molecular flexibility index (Phi) is 3.17. The summed E-state index contributed by atoms with van der Waals surface area (Å²) in [4.78, 5) is 11.4. The molecule has 1 rings (SSSR count). The van der Waals surface area contributed by atoms with E-state index in [1.165, 1.54) is 18.7 Å². The van der Waals surface area contributed by atoms with Gasteiger partial charge in [-0.1, -0.05) is 12.1 Å². The molecule has 0 aliphatic rings. The van der Waals surface area contributed by atoms with Crippen molar-refractivity contribution in [3.05, 3.63) is 24.3 Å². The second kappa shape index (κ2) is 4.16. The maximum absolute atomic E-state index is 10.6. The molecule has 0 spiro atoms. The Bertz CT molecular complexity index is 284. The van der Waals surface area contributed by atoms with Crippen molar-refractivity contribution in [1.82, 2.24) is 0 Å². The molecule has 0 bridgehead atoms. The van der Waals surface area contributed by atoms with E-state index in [1.807, 2.05) is 6.07 Å². The van der Waals surface area contributed by atoms with Crippen molar-refractivity contribution in [3.8, 4) is 5.75 Å². The zero-order valence-electron chi connectivity index (χ0n) is 6.78. The van der Waals surface area contributed by atoms with Crippen LogP contribution in [0.15, 0.2) is 29.2 Å². The number of hydrogen-bond donors (Lipinski definition) is 1. The van der Waals surface area contributed by atoms with E-state index in [1.54, 1.807) is 18.2 Å². The van der Waals surface area contributed by atoms with Gasteiger partial charge in [-0.2, -0.15) is 0 Å². The summed E-state index contributed by atoms with van der Waals surface area (Å²) in [6.45, 7) is 1.53. The molecule has 3 heteroatoms. The van der Waals surface area contributed by atoms with Crippen molar-refractivity contribution in [3.63, 3.8) is 0 Å². The monoisotopic (exact) mass is 182 g/mol. The van der Waals surface area contributed by atoms with Crippen molar-refractivity contribution in [1.29, 1.82) is 0 Å². The highest BCUT2D eigenvalue weighted by atomic mass is 32.2. The minimum Gasteiger partial charge on any atom is -0.507 e. The topological polar surface area (TPSA) is 37.3 Å². The fraction of sp³-hybridized carbons (Fsp3) is 0.222. The summed E-state index contributed by atoms with van der Waals surface area (Å²) in [6.07, 6.45) is 0. The van der Waals surface area contributed by atoms with E-state index in [2.05, 4.69) is 0 Å². The average molecular weight is 182 g/mol. The smallest absolute Gasteiger partial charge is 0.140 e. The maximum atomic E-state index is 10.6. The van der Waals surface area contributed by atoms with Gasteiger partial charge in [0.1, 0.15) is 11.5 Å². The lowest BCUT2D eigenvalue weighted by Gasteiger charge is -2.00. The fourth-order valence-corrected chi connectivity index (χ4v) is 1.51. The highest BCUT2D eigenvalue weighted by Gasteiger charge is 2.00. The van der Waals surface area contributed by atoms with Crippen molar-refractivity contribution in [2.75, 3.05) is 5.75 Å². The molecule has 0 radical (unpaired) electrons. The lowest BCUT2D eigenvalue weighted by atomic mass is 10.3. The third-order valence-electron chi connectivity index (χ3n) is 1.30. The van der Waals surface area contributed by atoms with Crippen molar-refractivity contribution in [2.24, 2.45) is 0 Å². The van der Waals surface area contributed by atoms with Crippen LogP contribution in [0.4, 0.5) is 0 Å². The van der Waals surface area contributed by atoms with Gasteiger partial charge in [-0.3, -0.25) is 4.79 Å². The largest absolute Gasteiger partial charge is 0.507 e. The molecule has 0 amide bonds. The molecule has 1 N–H and O–H groups in total. The van der Waals surface area contributed by atoms with Gasteiger partial charge in [-0.15, -0.1) is 11.8 Å². The number of para-hydroxylation sites is 1. The quantitative estimate of drug-likeness (QED) is 0.727. The molecule has 0 fully saturated rings. The van der Waals surface area contributed by atoms with E-state index < -0.39 is 0 Å². The van der Waals surface area contributed by atoms with Crippen LogP contribution in [0.2, 0.25) is 0 Å². The number of thioether (sulfide) groups is 1. The number of ketones is 1. The van der Waals surface area contributed by atoms with Gasteiger partial charge in [0.2, 0.25) is 0 Å². The number of carbonyl (C=O) groups excluding carboxylic acids is 1. The van der Waals surface area contributed by atoms with Gasteiger partial charge < -0.3 is 5.11 Å². The summed E-state index contributed by atoms with van der Waals surface area (Å²) in [5.41, 5.74) is 0. The van der Waals surface area contributed by atoms with Crippen LogP contribution in [0.25, 0.3) is 0 Å². The van der Waals surface area contributed by atoms with Gasteiger partial charge in [-0.25, -0.2) is 0 Å². The lowest BCUT2D eigenvalue weighted by Crippen LogP contribution is -1.92. The van der Waals surface area contributed by atoms with Crippen LogP contribution in [-0.4, -0.2) is 16.6 Å². The van der Waals surface area contributed by atoms with Crippen LogP contribution in [0.5, 0.6) is 5.75 Å². The van der Waals surface area contributed by atoms with E-state index in [0.717, 1.165) is 4.90 Å². The first-order valence-electron chi connectivity index (χ1n) is 3.60. The molecule has 1 aromatic rings. The molecule has 12 heavy (non-hydrogen) atoms. The molecule has 2 nitrogen and oxygen atoms in total. The van der Waals surface area contributed by atoms with Crippen LogP contribution >= 0.6 is 11.8 Å². The Labute approximate surface area is 75.6 Å². The van der Waals surface area contributed by atoms with Crippen molar-refractivity contribution in [2.45, 2.75) is 11.8 Å². The van der Waals surface area contributed by atoms with Crippen molar-refractivity contribution < 1.29 is 9.90 Å². The molecule has 1 aromatic carbocycles. The van der Waals surface area contributed by atoms with Crippen LogP contribution in [0.1, 0.15) is 6.92 Å². The van der Waals surface area contributed by atoms with E-state index in [-0.39, 0.29) is 11.5 Å². The van der Waals surface area contributed by atoms with Crippen LogP contribution in [-0.2, 0) is 4.79 Å². The second-order valence-electron chi connectivity index (χ2n) is 2.46. The number of phenols is 1.